The van der Waals surface area contributed by atoms with E-state index >= 15 is 0 Å². The summed E-state index contributed by atoms with van der Waals surface area (Å²) in [5.74, 6) is 0.167. The van der Waals surface area contributed by atoms with E-state index in [2.05, 4.69) is 5.10 Å². The van der Waals surface area contributed by atoms with Crippen molar-refractivity contribution < 1.29 is 14.3 Å². The molecule has 1 aliphatic heterocycles. The van der Waals surface area contributed by atoms with Gasteiger partial charge in [0.25, 0.3) is 0 Å². The van der Waals surface area contributed by atoms with Gasteiger partial charge < -0.3 is 14.4 Å². The van der Waals surface area contributed by atoms with Crippen LogP contribution < -0.4 is 0 Å². The number of aromatic nitrogens is 2. The van der Waals surface area contributed by atoms with Crippen molar-refractivity contribution >= 4 is 5.91 Å². The molecular weight excluding hydrogens is 270 g/mol. The van der Waals surface area contributed by atoms with E-state index in [4.69, 9.17) is 9.47 Å². The second kappa shape index (κ2) is 7.04. The zero-order valence-electron chi connectivity index (χ0n) is 13.3. The van der Waals surface area contributed by atoms with E-state index in [9.17, 15) is 4.79 Å². The fourth-order valence-electron chi connectivity index (χ4n) is 2.88. The predicted octanol–water partition coefficient (Wildman–Crippen LogP) is 0.923. The third kappa shape index (κ3) is 3.63. The van der Waals surface area contributed by atoms with Crippen LogP contribution in [0, 0.1) is 6.92 Å². The summed E-state index contributed by atoms with van der Waals surface area (Å²) < 4.78 is 12.4. The zero-order valence-corrected chi connectivity index (χ0v) is 13.3. The minimum absolute atomic E-state index is 0.120. The maximum absolute atomic E-state index is 12.5. The Morgan fingerprint density at radius 3 is 2.81 bits per heavy atom. The van der Waals surface area contributed by atoms with Crippen LogP contribution in [0.15, 0.2) is 6.20 Å². The molecule has 2 atom stereocenters. The quantitative estimate of drug-likeness (QED) is 0.783. The molecule has 0 aliphatic carbocycles. The molecular formula is C15H25N3O3. The van der Waals surface area contributed by atoms with E-state index in [1.165, 1.54) is 0 Å². The molecule has 1 aliphatic rings. The van der Waals surface area contributed by atoms with Gasteiger partial charge in [0.15, 0.2) is 0 Å². The van der Waals surface area contributed by atoms with Gasteiger partial charge in [0.05, 0.1) is 24.9 Å². The number of aryl methyl sites for hydroxylation is 2. The van der Waals surface area contributed by atoms with E-state index in [0.29, 0.717) is 19.6 Å². The van der Waals surface area contributed by atoms with Crippen LogP contribution in [0.1, 0.15) is 24.1 Å². The Hall–Kier alpha value is -1.40. The minimum atomic E-state index is 0.120. The molecule has 0 aromatic carbocycles. The van der Waals surface area contributed by atoms with Gasteiger partial charge >= 0.3 is 0 Å². The number of amides is 1. The molecule has 2 rings (SSSR count). The van der Waals surface area contributed by atoms with Crippen LogP contribution in [0.3, 0.4) is 0 Å². The Bertz CT molecular complexity index is 487. The van der Waals surface area contributed by atoms with Gasteiger partial charge in [-0.1, -0.05) is 0 Å². The van der Waals surface area contributed by atoms with E-state index < -0.39 is 0 Å². The monoisotopic (exact) mass is 295 g/mol. The highest BCUT2D eigenvalue weighted by Gasteiger charge is 2.34. The van der Waals surface area contributed by atoms with Gasteiger partial charge in [0.2, 0.25) is 5.91 Å². The van der Waals surface area contributed by atoms with Crippen molar-refractivity contribution in [3.63, 3.8) is 0 Å². The van der Waals surface area contributed by atoms with Crippen LogP contribution in [0.5, 0.6) is 0 Å². The number of carbonyl (C=O) groups excluding carboxylic acids is 1. The lowest BCUT2D eigenvalue weighted by Gasteiger charge is -2.23. The molecule has 21 heavy (non-hydrogen) atoms. The van der Waals surface area contributed by atoms with Gasteiger partial charge in [-0.05, 0) is 25.3 Å². The molecule has 1 aromatic heterocycles. The molecule has 1 fully saturated rings. The van der Waals surface area contributed by atoms with Gasteiger partial charge in [-0.3, -0.25) is 9.48 Å². The first-order valence-electron chi connectivity index (χ1n) is 7.35. The molecule has 6 heteroatoms. The number of ether oxygens (including phenoxy) is 2. The highest BCUT2D eigenvalue weighted by Crippen LogP contribution is 2.22. The summed E-state index contributed by atoms with van der Waals surface area (Å²) in [7, 11) is 5.28. The second-order valence-electron chi connectivity index (χ2n) is 5.63. The van der Waals surface area contributed by atoms with Crippen LogP contribution >= 0.6 is 0 Å². The van der Waals surface area contributed by atoms with Crippen LogP contribution in [0.25, 0.3) is 0 Å². The summed E-state index contributed by atoms with van der Waals surface area (Å²) in [4.78, 5) is 14.4. The summed E-state index contributed by atoms with van der Waals surface area (Å²) in [6.45, 7) is 3.25. The first-order chi connectivity index (χ1) is 10.1. The molecule has 1 aromatic rings. The average molecular weight is 295 g/mol. The fraction of sp³-hybridized carbons (Fsp3) is 0.733. The first-order valence-corrected chi connectivity index (χ1v) is 7.35. The van der Waals surface area contributed by atoms with E-state index in [1.54, 1.807) is 14.2 Å². The predicted molar refractivity (Wildman–Crippen MR) is 79.1 cm³/mol. The third-order valence-electron chi connectivity index (χ3n) is 4.33. The number of nitrogens with zero attached hydrogens (tertiary/aromatic N) is 3. The van der Waals surface area contributed by atoms with Crippen molar-refractivity contribution in [3.05, 3.63) is 17.5 Å². The maximum Gasteiger partial charge on any atom is 0.223 e. The Kier molecular flexibility index (Phi) is 5.36. The summed E-state index contributed by atoms with van der Waals surface area (Å²) in [5.41, 5.74) is 2.25. The summed E-state index contributed by atoms with van der Waals surface area (Å²) in [6, 6.07) is 0.127. The van der Waals surface area contributed by atoms with Gasteiger partial charge in [-0.25, -0.2) is 0 Å². The molecule has 2 heterocycles. The molecule has 6 nitrogen and oxygen atoms in total. The van der Waals surface area contributed by atoms with Crippen LogP contribution in [0.4, 0.5) is 0 Å². The van der Waals surface area contributed by atoms with Crippen LogP contribution in [-0.2, 0) is 27.7 Å². The smallest absolute Gasteiger partial charge is 0.223 e. The van der Waals surface area contributed by atoms with Crippen molar-refractivity contribution in [3.8, 4) is 0 Å². The average Bonchev–Trinajstić information content (AvgIpc) is 3.02. The summed E-state index contributed by atoms with van der Waals surface area (Å²) in [6.07, 6.45) is 4.04. The molecule has 0 radical (unpaired) electrons. The third-order valence-corrected chi connectivity index (χ3v) is 4.33. The Morgan fingerprint density at radius 2 is 2.24 bits per heavy atom. The van der Waals surface area contributed by atoms with E-state index in [-0.39, 0.29) is 18.1 Å². The SMILES string of the molecule is COC[C@@H]1C[C@H](OC)CN1C(=O)CCc1cnn(C)c1C. The molecule has 1 saturated heterocycles. The Morgan fingerprint density at radius 1 is 1.48 bits per heavy atom. The lowest BCUT2D eigenvalue weighted by atomic mass is 10.1. The number of rotatable bonds is 6. The number of hydrogen-bond donors (Lipinski definition) is 0. The largest absolute Gasteiger partial charge is 0.383 e. The first kappa shape index (κ1) is 16.0. The number of carbonyl (C=O) groups is 1. The molecule has 118 valence electrons. The fourth-order valence-corrected chi connectivity index (χ4v) is 2.88. The molecule has 0 unspecified atom stereocenters. The van der Waals surface area contributed by atoms with E-state index in [1.807, 2.05) is 29.7 Å². The molecule has 1 amide bonds. The van der Waals surface area contributed by atoms with Crippen LogP contribution in [0.2, 0.25) is 0 Å². The highest BCUT2D eigenvalue weighted by molar-refractivity contribution is 5.77. The number of hydrogen-bond acceptors (Lipinski definition) is 4. The molecule has 0 bridgehead atoms. The molecule has 0 saturated carbocycles. The number of methoxy groups -OCH3 is 2. The van der Waals surface area contributed by atoms with Gasteiger partial charge in [-0.2, -0.15) is 5.10 Å². The zero-order chi connectivity index (χ0) is 15.4. The van der Waals surface area contributed by atoms with Crippen molar-refractivity contribution in [2.24, 2.45) is 7.05 Å². The van der Waals surface area contributed by atoms with Crippen molar-refractivity contribution in [1.29, 1.82) is 0 Å². The normalized spacial score (nSPS) is 22.0. The Labute approximate surface area is 126 Å². The second-order valence-corrected chi connectivity index (χ2v) is 5.63. The van der Waals surface area contributed by atoms with Crippen LogP contribution in [-0.4, -0.2) is 60.1 Å². The van der Waals surface area contributed by atoms with Gasteiger partial charge in [0.1, 0.15) is 0 Å². The van der Waals surface area contributed by atoms with Gasteiger partial charge in [-0.15, -0.1) is 0 Å². The topological polar surface area (TPSA) is 56.6 Å². The van der Waals surface area contributed by atoms with Crippen molar-refractivity contribution in [2.75, 3.05) is 27.4 Å². The van der Waals surface area contributed by atoms with E-state index in [0.717, 1.165) is 24.1 Å². The molecule has 0 spiro atoms. The van der Waals surface area contributed by atoms with Crippen molar-refractivity contribution in [2.45, 2.75) is 38.3 Å². The number of likely N-dealkylation sites (tertiary alicyclic amines) is 1. The standard InChI is InChI=1S/C15H25N3O3/c1-11-12(8-16-17(11)2)5-6-15(19)18-9-14(21-4)7-13(18)10-20-3/h8,13-14H,5-7,9-10H2,1-4H3/t13-,14-/m0/s1. The van der Waals surface area contributed by atoms with Gasteiger partial charge in [0, 0.05) is 39.9 Å². The highest BCUT2D eigenvalue weighted by atomic mass is 16.5. The summed E-state index contributed by atoms with van der Waals surface area (Å²) in [5, 5.41) is 4.21. The Balaban J connectivity index is 1.93. The molecule has 0 N–H and O–H groups in total. The summed E-state index contributed by atoms with van der Waals surface area (Å²) >= 11 is 0. The van der Waals surface area contributed by atoms with Crippen molar-refractivity contribution in [1.82, 2.24) is 14.7 Å². The maximum atomic E-state index is 12.5. The lowest BCUT2D eigenvalue weighted by molar-refractivity contribution is -0.133. The minimum Gasteiger partial charge on any atom is -0.383 e. The lowest BCUT2D eigenvalue weighted by Crippen LogP contribution is -2.38.